The number of carbonyl (C=O) groups excluding carboxylic acids is 2. The number of likely N-dealkylation sites (N-methyl/N-ethyl adjacent to an activating group) is 1. The topological polar surface area (TPSA) is 69.6 Å². The Kier molecular flexibility index (Phi) is 5.59. The Morgan fingerprint density at radius 1 is 1.42 bits per heavy atom. The molecule has 0 fully saturated rings. The molecule has 0 atom stereocenters. The average Bonchev–Trinajstić information content (AvgIpc) is 2.30. The van der Waals surface area contributed by atoms with E-state index in [2.05, 4.69) is 5.32 Å². The second-order valence-electron chi connectivity index (χ2n) is 4.55. The monoisotopic (exact) mass is 376 g/mol. The first-order valence-corrected chi connectivity index (χ1v) is 6.92. The molecule has 0 unspecified atom stereocenters. The first-order valence-electron chi connectivity index (χ1n) is 5.84. The zero-order valence-corrected chi connectivity index (χ0v) is 13.3. The number of benzene rings is 1. The molecule has 0 spiro atoms. The van der Waals surface area contributed by atoms with E-state index in [9.17, 15) is 14.7 Å². The SMILES string of the molecule is CC(C)NC(=O)CN(C)C(=O)c1ccc(I)c(O)c1. The fraction of sp³-hybridized carbons (Fsp3) is 0.385. The number of phenolic OH excluding ortho intramolecular Hbond substituents is 1. The first-order chi connectivity index (χ1) is 8.81. The van der Waals surface area contributed by atoms with Crippen LogP contribution < -0.4 is 5.32 Å². The third kappa shape index (κ3) is 4.70. The summed E-state index contributed by atoms with van der Waals surface area (Å²) >= 11 is 1.98. The van der Waals surface area contributed by atoms with Crippen molar-refractivity contribution in [1.29, 1.82) is 0 Å². The molecule has 5 nitrogen and oxygen atoms in total. The summed E-state index contributed by atoms with van der Waals surface area (Å²) < 4.78 is 0.675. The molecule has 0 aromatic heterocycles. The molecule has 0 aliphatic heterocycles. The lowest BCUT2D eigenvalue weighted by Crippen LogP contribution is -2.40. The van der Waals surface area contributed by atoms with Crippen molar-refractivity contribution >= 4 is 34.4 Å². The highest BCUT2D eigenvalue weighted by Gasteiger charge is 2.16. The van der Waals surface area contributed by atoms with Crippen LogP contribution in [-0.2, 0) is 4.79 Å². The normalized spacial score (nSPS) is 10.4. The van der Waals surface area contributed by atoms with Gasteiger partial charge in [0.2, 0.25) is 5.91 Å². The standard InChI is InChI=1S/C13H17IN2O3/c1-8(2)15-12(18)7-16(3)13(19)9-4-5-10(14)11(17)6-9/h4-6,8,17H,7H2,1-3H3,(H,15,18). The van der Waals surface area contributed by atoms with Gasteiger partial charge in [-0.1, -0.05) is 0 Å². The number of aromatic hydroxyl groups is 1. The van der Waals surface area contributed by atoms with E-state index in [4.69, 9.17) is 0 Å². The summed E-state index contributed by atoms with van der Waals surface area (Å²) in [5, 5.41) is 12.3. The Labute approximate surface area is 126 Å². The molecule has 0 saturated carbocycles. The van der Waals surface area contributed by atoms with E-state index in [1.165, 1.54) is 11.0 Å². The van der Waals surface area contributed by atoms with E-state index in [-0.39, 0.29) is 30.2 Å². The highest BCUT2D eigenvalue weighted by Crippen LogP contribution is 2.21. The lowest BCUT2D eigenvalue weighted by Gasteiger charge is -2.18. The molecule has 0 bridgehead atoms. The zero-order valence-electron chi connectivity index (χ0n) is 11.1. The summed E-state index contributed by atoms with van der Waals surface area (Å²) in [4.78, 5) is 24.9. The Morgan fingerprint density at radius 2 is 2.05 bits per heavy atom. The van der Waals surface area contributed by atoms with Gasteiger partial charge in [-0.25, -0.2) is 0 Å². The predicted octanol–water partition coefficient (Wildman–Crippen LogP) is 1.59. The molecule has 0 aliphatic rings. The maximum atomic E-state index is 12.1. The number of rotatable bonds is 4. The van der Waals surface area contributed by atoms with Crippen molar-refractivity contribution in [2.75, 3.05) is 13.6 Å². The van der Waals surface area contributed by atoms with Crippen LogP contribution >= 0.6 is 22.6 Å². The maximum absolute atomic E-state index is 12.1. The van der Waals surface area contributed by atoms with E-state index >= 15 is 0 Å². The van der Waals surface area contributed by atoms with Crippen molar-refractivity contribution in [2.45, 2.75) is 19.9 Å². The van der Waals surface area contributed by atoms with Crippen molar-refractivity contribution in [2.24, 2.45) is 0 Å². The van der Waals surface area contributed by atoms with Gasteiger partial charge in [-0.2, -0.15) is 0 Å². The smallest absolute Gasteiger partial charge is 0.254 e. The van der Waals surface area contributed by atoms with Crippen molar-refractivity contribution in [3.63, 3.8) is 0 Å². The van der Waals surface area contributed by atoms with Gasteiger partial charge in [0.25, 0.3) is 5.91 Å². The van der Waals surface area contributed by atoms with Gasteiger partial charge in [0.15, 0.2) is 0 Å². The lowest BCUT2D eigenvalue weighted by atomic mass is 10.2. The van der Waals surface area contributed by atoms with Crippen molar-refractivity contribution < 1.29 is 14.7 Å². The van der Waals surface area contributed by atoms with E-state index in [1.54, 1.807) is 19.2 Å². The number of nitrogens with one attached hydrogen (secondary N) is 1. The first kappa shape index (κ1) is 15.7. The van der Waals surface area contributed by atoms with Crippen LogP contribution in [0.1, 0.15) is 24.2 Å². The highest BCUT2D eigenvalue weighted by atomic mass is 127. The maximum Gasteiger partial charge on any atom is 0.254 e. The number of carbonyl (C=O) groups is 2. The number of hydrogen-bond donors (Lipinski definition) is 2. The number of nitrogens with zero attached hydrogens (tertiary/aromatic N) is 1. The van der Waals surface area contributed by atoms with Crippen LogP contribution in [0, 0.1) is 3.57 Å². The quantitative estimate of drug-likeness (QED) is 0.785. The van der Waals surface area contributed by atoms with Gasteiger partial charge in [0, 0.05) is 18.7 Å². The van der Waals surface area contributed by atoms with Crippen molar-refractivity contribution in [3.8, 4) is 5.75 Å². The zero-order chi connectivity index (χ0) is 14.6. The molecule has 2 N–H and O–H groups in total. The van der Waals surface area contributed by atoms with Crippen LogP contribution in [0.2, 0.25) is 0 Å². The number of amides is 2. The predicted molar refractivity (Wildman–Crippen MR) is 81.1 cm³/mol. The van der Waals surface area contributed by atoms with E-state index in [1.807, 2.05) is 36.4 Å². The number of phenols is 1. The second kappa shape index (κ2) is 6.74. The third-order valence-electron chi connectivity index (χ3n) is 2.37. The van der Waals surface area contributed by atoms with Gasteiger partial charge in [-0.05, 0) is 54.6 Å². The molecule has 0 aliphatic carbocycles. The Bertz CT molecular complexity index is 489. The van der Waals surface area contributed by atoms with Crippen molar-refractivity contribution in [1.82, 2.24) is 10.2 Å². The Hall–Kier alpha value is -1.31. The van der Waals surface area contributed by atoms with Crippen LogP contribution in [0.4, 0.5) is 0 Å². The lowest BCUT2D eigenvalue weighted by molar-refractivity contribution is -0.122. The average molecular weight is 376 g/mol. The summed E-state index contributed by atoms with van der Waals surface area (Å²) in [7, 11) is 1.55. The summed E-state index contributed by atoms with van der Waals surface area (Å²) in [6.07, 6.45) is 0. The highest BCUT2D eigenvalue weighted by molar-refractivity contribution is 14.1. The molecule has 0 radical (unpaired) electrons. The van der Waals surface area contributed by atoms with E-state index < -0.39 is 0 Å². The molecular weight excluding hydrogens is 359 g/mol. The van der Waals surface area contributed by atoms with Crippen LogP contribution in [0.15, 0.2) is 18.2 Å². The molecule has 1 rings (SSSR count). The molecule has 0 heterocycles. The van der Waals surface area contributed by atoms with Gasteiger partial charge in [0.05, 0.1) is 10.1 Å². The molecule has 104 valence electrons. The summed E-state index contributed by atoms with van der Waals surface area (Å²) in [5.41, 5.74) is 0.359. The third-order valence-corrected chi connectivity index (χ3v) is 3.28. The second-order valence-corrected chi connectivity index (χ2v) is 5.71. The fourth-order valence-corrected chi connectivity index (χ4v) is 1.86. The van der Waals surface area contributed by atoms with Crippen molar-refractivity contribution in [3.05, 3.63) is 27.3 Å². The molecule has 1 aromatic carbocycles. The van der Waals surface area contributed by atoms with Gasteiger partial charge in [-0.3, -0.25) is 9.59 Å². The number of hydrogen-bond acceptors (Lipinski definition) is 3. The molecule has 6 heteroatoms. The van der Waals surface area contributed by atoms with Crippen LogP contribution in [0.3, 0.4) is 0 Å². The minimum atomic E-state index is -0.300. The Balaban J connectivity index is 2.71. The molecule has 1 aromatic rings. The summed E-state index contributed by atoms with van der Waals surface area (Å²) in [5.74, 6) is -0.447. The molecular formula is C13H17IN2O3. The van der Waals surface area contributed by atoms with Crippen LogP contribution in [-0.4, -0.2) is 41.5 Å². The van der Waals surface area contributed by atoms with Gasteiger partial charge in [-0.15, -0.1) is 0 Å². The summed E-state index contributed by atoms with van der Waals surface area (Å²) in [6, 6.07) is 4.73. The minimum Gasteiger partial charge on any atom is -0.507 e. The van der Waals surface area contributed by atoms with E-state index in [0.29, 0.717) is 9.13 Å². The van der Waals surface area contributed by atoms with Gasteiger partial charge >= 0.3 is 0 Å². The van der Waals surface area contributed by atoms with Crippen LogP contribution in [0.25, 0.3) is 0 Å². The molecule has 0 saturated heterocycles. The summed E-state index contributed by atoms with van der Waals surface area (Å²) in [6.45, 7) is 3.71. The minimum absolute atomic E-state index is 0.0102. The number of halogens is 1. The molecule has 2 amide bonds. The largest absolute Gasteiger partial charge is 0.507 e. The van der Waals surface area contributed by atoms with Gasteiger partial charge < -0.3 is 15.3 Å². The molecule has 19 heavy (non-hydrogen) atoms. The fourth-order valence-electron chi connectivity index (χ4n) is 1.52. The van der Waals surface area contributed by atoms with Crippen LogP contribution in [0.5, 0.6) is 5.75 Å². The van der Waals surface area contributed by atoms with Gasteiger partial charge in [0.1, 0.15) is 5.75 Å². The Morgan fingerprint density at radius 3 is 2.58 bits per heavy atom. The van der Waals surface area contributed by atoms with E-state index in [0.717, 1.165) is 0 Å².